The number of rotatable bonds is 7. The highest BCUT2D eigenvalue weighted by Gasteiger charge is 2.17. The standard InChI is InChI=1S/C16H25NO2/c1-2-17-12-16(14-8-4-3-5-9-14)19-13-15-10-6-7-11-18-15/h3-5,8-9,15-17H,2,6-7,10-13H2,1H3. The van der Waals surface area contributed by atoms with E-state index in [0.717, 1.165) is 26.1 Å². The number of hydrogen-bond acceptors (Lipinski definition) is 3. The number of likely N-dealkylation sites (N-methyl/N-ethyl adjacent to an activating group) is 1. The molecule has 1 N–H and O–H groups in total. The number of ether oxygens (including phenoxy) is 2. The smallest absolute Gasteiger partial charge is 0.0950 e. The molecule has 106 valence electrons. The Balaban J connectivity index is 1.86. The van der Waals surface area contributed by atoms with Crippen LogP contribution in [0.3, 0.4) is 0 Å². The summed E-state index contributed by atoms with van der Waals surface area (Å²) in [4.78, 5) is 0. The average molecular weight is 263 g/mol. The van der Waals surface area contributed by atoms with Crippen molar-refractivity contribution in [3.63, 3.8) is 0 Å². The van der Waals surface area contributed by atoms with Crippen molar-refractivity contribution >= 4 is 0 Å². The summed E-state index contributed by atoms with van der Waals surface area (Å²) >= 11 is 0. The maximum atomic E-state index is 6.08. The van der Waals surface area contributed by atoms with Gasteiger partial charge < -0.3 is 14.8 Å². The monoisotopic (exact) mass is 263 g/mol. The third kappa shape index (κ3) is 4.94. The first-order chi connectivity index (χ1) is 9.40. The number of nitrogens with one attached hydrogen (secondary N) is 1. The molecule has 1 aliphatic heterocycles. The van der Waals surface area contributed by atoms with E-state index in [-0.39, 0.29) is 12.2 Å². The second-order valence-corrected chi connectivity index (χ2v) is 5.03. The van der Waals surface area contributed by atoms with Crippen LogP contribution in [0.25, 0.3) is 0 Å². The molecule has 0 aliphatic carbocycles. The minimum absolute atomic E-state index is 0.117. The van der Waals surface area contributed by atoms with Crippen LogP contribution in [0.2, 0.25) is 0 Å². The molecule has 1 fully saturated rings. The van der Waals surface area contributed by atoms with Gasteiger partial charge in [-0.05, 0) is 31.4 Å². The molecule has 0 radical (unpaired) electrons. The topological polar surface area (TPSA) is 30.5 Å². The summed E-state index contributed by atoms with van der Waals surface area (Å²) in [6, 6.07) is 10.4. The van der Waals surface area contributed by atoms with Gasteiger partial charge in [-0.1, -0.05) is 37.3 Å². The van der Waals surface area contributed by atoms with Crippen molar-refractivity contribution in [2.75, 3.05) is 26.3 Å². The Morgan fingerprint density at radius 3 is 2.84 bits per heavy atom. The minimum atomic E-state index is 0.117. The molecule has 0 spiro atoms. The minimum Gasteiger partial charge on any atom is -0.376 e. The lowest BCUT2D eigenvalue weighted by atomic mass is 10.1. The predicted molar refractivity (Wildman–Crippen MR) is 77.3 cm³/mol. The Labute approximate surface area is 116 Å². The Bertz CT molecular complexity index is 336. The van der Waals surface area contributed by atoms with Crippen LogP contribution in [0.15, 0.2) is 30.3 Å². The van der Waals surface area contributed by atoms with Gasteiger partial charge in [0.15, 0.2) is 0 Å². The Morgan fingerprint density at radius 2 is 2.16 bits per heavy atom. The van der Waals surface area contributed by atoms with Gasteiger partial charge in [0, 0.05) is 13.2 Å². The molecular formula is C16H25NO2. The van der Waals surface area contributed by atoms with Crippen molar-refractivity contribution in [3.8, 4) is 0 Å². The Kier molecular flexibility index (Phi) is 6.34. The van der Waals surface area contributed by atoms with Gasteiger partial charge in [-0.3, -0.25) is 0 Å². The zero-order chi connectivity index (χ0) is 13.3. The van der Waals surface area contributed by atoms with Gasteiger partial charge in [-0.2, -0.15) is 0 Å². The van der Waals surface area contributed by atoms with Gasteiger partial charge in [0.2, 0.25) is 0 Å². The Morgan fingerprint density at radius 1 is 1.32 bits per heavy atom. The van der Waals surface area contributed by atoms with Crippen LogP contribution in [0.1, 0.15) is 37.9 Å². The third-order valence-corrected chi connectivity index (χ3v) is 3.51. The van der Waals surface area contributed by atoms with E-state index in [2.05, 4.69) is 36.5 Å². The highest BCUT2D eigenvalue weighted by atomic mass is 16.5. The van der Waals surface area contributed by atoms with Crippen LogP contribution in [0.5, 0.6) is 0 Å². The third-order valence-electron chi connectivity index (χ3n) is 3.51. The first-order valence-electron chi connectivity index (χ1n) is 7.39. The molecule has 1 aromatic rings. The summed E-state index contributed by atoms with van der Waals surface area (Å²) in [5.41, 5.74) is 1.24. The van der Waals surface area contributed by atoms with E-state index in [0.29, 0.717) is 6.61 Å². The van der Waals surface area contributed by atoms with Crippen LogP contribution in [0.4, 0.5) is 0 Å². The fraction of sp³-hybridized carbons (Fsp3) is 0.625. The lowest BCUT2D eigenvalue weighted by Gasteiger charge is -2.25. The molecule has 2 unspecified atom stereocenters. The summed E-state index contributed by atoms with van der Waals surface area (Å²) in [7, 11) is 0. The quantitative estimate of drug-likeness (QED) is 0.820. The van der Waals surface area contributed by atoms with E-state index in [1.54, 1.807) is 0 Å². The van der Waals surface area contributed by atoms with Gasteiger partial charge in [0.05, 0.1) is 18.8 Å². The van der Waals surface area contributed by atoms with E-state index in [1.807, 2.05) is 6.07 Å². The highest BCUT2D eigenvalue weighted by molar-refractivity contribution is 5.17. The SMILES string of the molecule is CCNCC(OCC1CCCCO1)c1ccccc1. The number of hydrogen-bond donors (Lipinski definition) is 1. The second-order valence-electron chi connectivity index (χ2n) is 5.03. The van der Waals surface area contributed by atoms with Crippen molar-refractivity contribution in [2.45, 2.75) is 38.4 Å². The summed E-state index contributed by atoms with van der Waals surface area (Å²) in [5, 5.41) is 3.37. The zero-order valence-electron chi connectivity index (χ0n) is 11.8. The molecule has 0 saturated carbocycles. The van der Waals surface area contributed by atoms with E-state index in [1.165, 1.54) is 18.4 Å². The van der Waals surface area contributed by atoms with Gasteiger partial charge in [-0.25, -0.2) is 0 Å². The van der Waals surface area contributed by atoms with Gasteiger partial charge >= 0.3 is 0 Å². The molecular weight excluding hydrogens is 238 g/mol. The van der Waals surface area contributed by atoms with E-state index >= 15 is 0 Å². The maximum absolute atomic E-state index is 6.08. The molecule has 0 amide bonds. The molecule has 1 heterocycles. The molecule has 1 aromatic carbocycles. The Hall–Kier alpha value is -0.900. The summed E-state index contributed by atoms with van der Waals surface area (Å²) in [6.07, 6.45) is 3.98. The summed E-state index contributed by atoms with van der Waals surface area (Å²) in [5.74, 6) is 0. The van der Waals surface area contributed by atoms with Crippen molar-refractivity contribution in [3.05, 3.63) is 35.9 Å². The fourth-order valence-electron chi connectivity index (χ4n) is 2.38. The molecule has 2 rings (SSSR count). The molecule has 1 aliphatic rings. The largest absolute Gasteiger partial charge is 0.376 e. The van der Waals surface area contributed by atoms with E-state index < -0.39 is 0 Å². The van der Waals surface area contributed by atoms with E-state index in [4.69, 9.17) is 9.47 Å². The van der Waals surface area contributed by atoms with Crippen LogP contribution in [-0.2, 0) is 9.47 Å². The van der Waals surface area contributed by atoms with Gasteiger partial charge in [0.1, 0.15) is 0 Å². The second kappa shape index (κ2) is 8.31. The molecule has 0 bridgehead atoms. The first kappa shape index (κ1) is 14.5. The average Bonchev–Trinajstić information content (AvgIpc) is 2.49. The van der Waals surface area contributed by atoms with E-state index in [9.17, 15) is 0 Å². The zero-order valence-corrected chi connectivity index (χ0v) is 11.8. The van der Waals surface area contributed by atoms with Crippen LogP contribution < -0.4 is 5.32 Å². The molecule has 0 aromatic heterocycles. The lowest BCUT2D eigenvalue weighted by Crippen LogP contribution is -2.29. The van der Waals surface area contributed by atoms with Crippen LogP contribution in [0, 0.1) is 0 Å². The first-order valence-corrected chi connectivity index (χ1v) is 7.39. The van der Waals surface area contributed by atoms with Crippen LogP contribution in [-0.4, -0.2) is 32.4 Å². The van der Waals surface area contributed by atoms with Crippen molar-refractivity contribution < 1.29 is 9.47 Å². The molecule has 3 heteroatoms. The highest BCUT2D eigenvalue weighted by Crippen LogP contribution is 2.19. The van der Waals surface area contributed by atoms with Crippen LogP contribution >= 0.6 is 0 Å². The summed E-state index contributed by atoms with van der Waals surface area (Å²) in [6.45, 7) is 5.52. The molecule has 1 saturated heterocycles. The summed E-state index contributed by atoms with van der Waals surface area (Å²) < 4.78 is 11.8. The maximum Gasteiger partial charge on any atom is 0.0950 e. The molecule has 19 heavy (non-hydrogen) atoms. The molecule has 2 atom stereocenters. The van der Waals surface area contributed by atoms with Gasteiger partial charge in [0.25, 0.3) is 0 Å². The fourth-order valence-corrected chi connectivity index (χ4v) is 2.38. The number of benzene rings is 1. The lowest BCUT2D eigenvalue weighted by molar-refractivity contribution is -0.0632. The van der Waals surface area contributed by atoms with Crippen molar-refractivity contribution in [1.29, 1.82) is 0 Å². The molecule has 3 nitrogen and oxygen atoms in total. The van der Waals surface area contributed by atoms with Crippen molar-refractivity contribution in [1.82, 2.24) is 5.32 Å². The van der Waals surface area contributed by atoms with Gasteiger partial charge in [-0.15, -0.1) is 0 Å². The normalized spacial score (nSPS) is 21.2. The van der Waals surface area contributed by atoms with Crippen molar-refractivity contribution in [2.24, 2.45) is 0 Å². The predicted octanol–water partition coefficient (Wildman–Crippen LogP) is 2.92.